The van der Waals surface area contributed by atoms with Gasteiger partial charge in [0, 0.05) is 45.8 Å². The lowest BCUT2D eigenvalue weighted by Crippen LogP contribution is -2.59. The van der Waals surface area contributed by atoms with Gasteiger partial charge in [-0.1, -0.05) is 26.0 Å². The molecule has 1 aromatic carbocycles. The van der Waals surface area contributed by atoms with Crippen LogP contribution in [0, 0.1) is 5.92 Å². The van der Waals surface area contributed by atoms with Crippen molar-refractivity contribution in [2.24, 2.45) is 38.8 Å². The van der Waals surface area contributed by atoms with Crippen LogP contribution in [0.1, 0.15) is 112 Å². The van der Waals surface area contributed by atoms with Crippen LogP contribution in [0.25, 0.3) is 0 Å². The Balaban J connectivity index is 2.37. The zero-order valence-electron chi connectivity index (χ0n) is 39.8. The number of carbonyl (C=O) groups is 6. The first-order chi connectivity index (χ1) is 30.9. The third kappa shape index (κ3) is 19.1. The third-order valence-corrected chi connectivity index (χ3v) is 11.5. The second-order valence-electron chi connectivity index (χ2n) is 16.9. The molecule has 65 heavy (non-hydrogen) atoms. The number of nitrogens with zero attached hydrogens (tertiary/aromatic N) is 5. The van der Waals surface area contributed by atoms with Crippen LogP contribution in [0.2, 0.25) is 0 Å². The predicted molar refractivity (Wildman–Crippen MR) is 253 cm³/mol. The first-order valence-corrected chi connectivity index (χ1v) is 23.3. The van der Waals surface area contributed by atoms with E-state index >= 15 is 0 Å². The van der Waals surface area contributed by atoms with Crippen LogP contribution in [-0.2, 0) is 35.2 Å². The van der Waals surface area contributed by atoms with Crippen LogP contribution in [0.4, 0.5) is 0 Å². The smallest absolute Gasteiger partial charge is 0.245 e. The number of nitrogens with one attached hydrogen (secondary N) is 4. The number of amides is 6. The maximum Gasteiger partial charge on any atom is 0.245 e. The van der Waals surface area contributed by atoms with Gasteiger partial charge in [0.1, 0.15) is 36.0 Å². The monoisotopic (exact) mass is 914 g/mol. The van der Waals surface area contributed by atoms with Crippen LogP contribution in [0.3, 0.4) is 0 Å². The topological polar surface area (TPSA) is 309 Å². The lowest BCUT2D eigenvalue weighted by atomic mass is 10.00. The number of guanidine groups is 2. The lowest BCUT2D eigenvalue weighted by molar-refractivity contribution is -0.142. The molecule has 0 spiro atoms. The molecule has 0 radical (unpaired) electrons. The number of nitrogens with two attached hydrogens (primary N) is 4. The minimum absolute atomic E-state index is 0.0727. The number of aliphatic imine (C=N–C) groups is 2. The predicted octanol–water partition coefficient (Wildman–Crippen LogP) is 0.397. The average Bonchev–Trinajstić information content (AvgIpc) is 3.76. The summed E-state index contributed by atoms with van der Waals surface area (Å²) in [6, 6.07) is 0.207. The molecule has 1 aliphatic rings. The molecule has 1 aliphatic heterocycles. The van der Waals surface area contributed by atoms with Gasteiger partial charge in [-0.25, -0.2) is 0 Å². The number of rotatable bonds is 28. The highest BCUT2D eigenvalue weighted by molar-refractivity contribution is 5.96. The molecule has 6 atom stereocenters. The van der Waals surface area contributed by atoms with Gasteiger partial charge in [0.2, 0.25) is 35.4 Å². The van der Waals surface area contributed by atoms with Crippen LogP contribution in [0.15, 0.2) is 34.3 Å². The highest BCUT2D eigenvalue weighted by atomic mass is 16.3. The van der Waals surface area contributed by atoms with Gasteiger partial charge in [0.05, 0.1) is 6.04 Å². The van der Waals surface area contributed by atoms with E-state index in [1.165, 1.54) is 24.0 Å². The quantitative estimate of drug-likeness (QED) is 0.0314. The Morgan fingerprint density at radius 3 is 1.72 bits per heavy atom. The van der Waals surface area contributed by atoms with E-state index in [1.807, 2.05) is 51.3 Å². The molecule has 0 unspecified atom stereocenters. The molecule has 6 amide bonds. The summed E-state index contributed by atoms with van der Waals surface area (Å²) in [5.41, 5.74) is 24.7. The number of hydrogen-bond acceptors (Lipinski definition) is 10. The number of primary amides is 1. The Kier molecular flexibility index (Phi) is 24.7. The molecule has 20 heteroatoms. The van der Waals surface area contributed by atoms with Gasteiger partial charge in [-0.2, -0.15) is 0 Å². The van der Waals surface area contributed by atoms with E-state index in [-0.39, 0.29) is 43.9 Å². The van der Waals surface area contributed by atoms with Crippen molar-refractivity contribution in [2.45, 2.75) is 149 Å². The van der Waals surface area contributed by atoms with Gasteiger partial charge < -0.3 is 64.0 Å². The lowest BCUT2D eigenvalue weighted by Gasteiger charge is -2.31. The fraction of sp³-hybridized carbons (Fsp3) is 0.689. The van der Waals surface area contributed by atoms with Crippen LogP contribution >= 0.6 is 0 Å². The largest absolute Gasteiger partial charge is 0.508 e. The molecule has 0 saturated carbocycles. The Morgan fingerprint density at radius 1 is 0.723 bits per heavy atom. The molecule has 1 heterocycles. The first kappa shape index (κ1) is 55.5. The van der Waals surface area contributed by atoms with Gasteiger partial charge in [-0.3, -0.25) is 38.8 Å². The zero-order chi connectivity index (χ0) is 48.6. The molecule has 2 rings (SSSR count). The average molecular weight is 914 g/mol. The maximum atomic E-state index is 14.4. The van der Waals surface area contributed by atoms with E-state index < -0.39 is 71.7 Å². The van der Waals surface area contributed by atoms with Crippen molar-refractivity contribution in [2.75, 3.05) is 45.8 Å². The second-order valence-corrected chi connectivity index (χ2v) is 16.9. The van der Waals surface area contributed by atoms with E-state index in [0.29, 0.717) is 95.3 Å². The van der Waals surface area contributed by atoms with E-state index in [4.69, 9.17) is 22.9 Å². The number of aromatic hydroxyl groups is 1. The van der Waals surface area contributed by atoms with E-state index in [1.54, 1.807) is 12.1 Å². The molecular weight excluding hydrogens is 835 g/mol. The molecule has 0 aromatic heterocycles. The molecule has 366 valence electrons. The summed E-state index contributed by atoms with van der Waals surface area (Å²) in [5.74, 6) is -2.65. The highest BCUT2D eigenvalue weighted by Crippen LogP contribution is 2.21. The molecule has 1 saturated heterocycles. The second kappa shape index (κ2) is 29.0. The molecule has 0 aliphatic carbocycles. The number of carbonyl (C=O) groups excluding carboxylic acids is 6. The van der Waals surface area contributed by atoms with Crippen molar-refractivity contribution in [3.63, 3.8) is 0 Å². The summed E-state index contributed by atoms with van der Waals surface area (Å²) in [6.45, 7) is 17.1. The number of likely N-dealkylation sites (tertiary alicyclic amines) is 1. The van der Waals surface area contributed by atoms with Crippen LogP contribution in [-0.4, -0.2) is 149 Å². The van der Waals surface area contributed by atoms with E-state index in [2.05, 4.69) is 31.3 Å². The number of benzene rings is 1. The van der Waals surface area contributed by atoms with Crippen LogP contribution < -0.4 is 44.2 Å². The number of hydrogen-bond donors (Lipinski definition) is 9. The van der Waals surface area contributed by atoms with Gasteiger partial charge >= 0.3 is 0 Å². The minimum Gasteiger partial charge on any atom is -0.508 e. The molecule has 20 nitrogen and oxygen atoms in total. The van der Waals surface area contributed by atoms with Crippen molar-refractivity contribution in [3.8, 4) is 5.75 Å². The Hall–Kier alpha value is -5.66. The fourth-order valence-electron chi connectivity index (χ4n) is 7.52. The normalized spacial score (nSPS) is 16.5. The van der Waals surface area contributed by atoms with Gasteiger partial charge in [0.25, 0.3) is 0 Å². The Bertz CT molecular complexity index is 1730. The molecule has 1 fully saturated rings. The molecule has 1 aromatic rings. The standard InChI is InChI=1S/C45H79N13O7/c1-8-56(9-2)44(48)50-24-14-12-17-34(53-39(61)33(46)28-31-20-22-32(59)23-21-31)40(62)55-36(27-29(5)6)41(63)54-35(18-13-15-25-51-45(49)57(10-3)11-4)43(65)58-26-16-19-37(58)42(64)52-30(7)38(47)60/h20-23,29-30,33-37,59H,8-19,24-28,46H2,1-7H3,(H2,47,60)(H2,48,50)(H2,49,51)(H,52,64)(H,53,61)(H,54,63)(H,55,62)/t30-,33+,34-,35+,36+,37+/m1/s1. The van der Waals surface area contributed by atoms with Crippen molar-refractivity contribution in [1.29, 1.82) is 0 Å². The fourth-order valence-corrected chi connectivity index (χ4v) is 7.52. The summed E-state index contributed by atoms with van der Waals surface area (Å²) in [4.78, 5) is 95.6. The van der Waals surface area contributed by atoms with Crippen molar-refractivity contribution in [1.82, 2.24) is 36.0 Å². The minimum atomic E-state index is -1.10. The number of phenolic OH excluding ortho intramolecular Hbond substituents is 1. The summed E-state index contributed by atoms with van der Waals surface area (Å²) in [5, 5.41) is 20.8. The number of phenols is 1. The van der Waals surface area contributed by atoms with Crippen molar-refractivity contribution < 1.29 is 33.9 Å². The summed E-state index contributed by atoms with van der Waals surface area (Å²) in [7, 11) is 0. The Labute approximate surface area is 385 Å². The molecule has 13 N–H and O–H groups in total. The van der Waals surface area contributed by atoms with E-state index in [9.17, 15) is 33.9 Å². The summed E-state index contributed by atoms with van der Waals surface area (Å²) < 4.78 is 0. The van der Waals surface area contributed by atoms with Crippen LogP contribution in [0.5, 0.6) is 5.75 Å². The summed E-state index contributed by atoms with van der Waals surface area (Å²) in [6.07, 6.45) is 3.71. The maximum absolute atomic E-state index is 14.4. The van der Waals surface area contributed by atoms with E-state index in [0.717, 1.165) is 0 Å². The summed E-state index contributed by atoms with van der Waals surface area (Å²) >= 11 is 0. The molecular formula is C45H79N13O7. The first-order valence-electron chi connectivity index (χ1n) is 23.3. The highest BCUT2D eigenvalue weighted by Gasteiger charge is 2.39. The zero-order valence-corrected chi connectivity index (χ0v) is 39.8. The van der Waals surface area contributed by atoms with Gasteiger partial charge in [-0.15, -0.1) is 0 Å². The van der Waals surface area contributed by atoms with Gasteiger partial charge in [0.15, 0.2) is 11.9 Å². The van der Waals surface area contributed by atoms with Crippen molar-refractivity contribution >= 4 is 47.4 Å². The number of unbranched alkanes of at least 4 members (excludes halogenated alkanes) is 2. The SMILES string of the molecule is CCN(CC)C(N)=NCCCC[C@H](NC(=O)[C@H](CC(C)C)NC(=O)[C@@H](CCCCN=C(N)N(CC)CC)NC(=O)[C@@H](N)Cc1ccc(O)cc1)C(=O)N1CCC[C@H]1C(=O)N[C@H](C)C(N)=O. The van der Waals surface area contributed by atoms with Gasteiger partial charge in [-0.05, 0) is 122 Å². The third-order valence-electron chi connectivity index (χ3n) is 11.5. The van der Waals surface area contributed by atoms with Crippen molar-refractivity contribution in [3.05, 3.63) is 29.8 Å². The Morgan fingerprint density at radius 2 is 1.22 bits per heavy atom. The molecule has 0 bridgehead atoms.